The fraction of sp³-hybridized carbons (Fsp3) is 0.429. The summed E-state index contributed by atoms with van der Waals surface area (Å²) in [5.41, 5.74) is 1.82. The third kappa shape index (κ3) is 2.54. The molecule has 2 N–H and O–H groups in total. The largest absolute Gasteiger partial charge is 0.496 e. The number of rotatable bonds is 3. The van der Waals surface area contributed by atoms with Crippen molar-refractivity contribution in [2.75, 3.05) is 13.7 Å². The zero-order chi connectivity index (χ0) is 14.0. The van der Waals surface area contributed by atoms with Crippen LogP contribution in [0.25, 0.3) is 0 Å². The summed E-state index contributed by atoms with van der Waals surface area (Å²) in [6.07, 6.45) is 0.599. The van der Waals surface area contributed by atoms with E-state index in [0.717, 1.165) is 11.1 Å². The normalized spacial score (nSPS) is 22.7. The van der Waals surface area contributed by atoms with Crippen LogP contribution in [0.1, 0.15) is 23.5 Å². The predicted molar refractivity (Wildman–Crippen MR) is 69.2 cm³/mol. The number of carboxylic acids is 1. The van der Waals surface area contributed by atoms with Crippen LogP contribution in [0.4, 0.5) is 0 Å². The molecule has 1 aliphatic rings. The third-order valence-corrected chi connectivity index (χ3v) is 3.49. The Balaban J connectivity index is 2.43. The van der Waals surface area contributed by atoms with Crippen LogP contribution in [-0.4, -0.2) is 30.6 Å². The molecule has 2 rings (SSSR count). The van der Waals surface area contributed by atoms with Crippen molar-refractivity contribution in [3.63, 3.8) is 0 Å². The quantitative estimate of drug-likeness (QED) is 0.806. The van der Waals surface area contributed by atoms with Crippen molar-refractivity contribution < 1.29 is 19.4 Å². The van der Waals surface area contributed by atoms with E-state index < -0.39 is 17.8 Å². The number of carbonyl (C=O) groups is 2. The first-order valence-electron chi connectivity index (χ1n) is 6.19. The van der Waals surface area contributed by atoms with Gasteiger partial charge in [0, 0.05) is 12.5 Å². The van der Waals surface area contributed by atoms with Crippen molar-refractivity contribution in [1.29, 1.82) is 0 Å². The van der Waals surface area contributed by atoms with Gasteiger partial charge >= 0.3 is 5.97 Å². The zero-order valence-corrected chi connectivity index (χ0v) is 11.0. The maximum Gasteiger partial charge on any atom is 0.316 e. The summed E-state index contributed by atoms with van der Waals surface area (Å²) in [4.78, 5) is 23.1. The van der Waals surface area contributed by atoms with Crippen LogP contribution in [0.2, 0.25) is 0 Å². The monoisotopic (exact) mass is 263 g/mol. The summed E-state index contributed by atoms with van der Waals surface area (Å²) in [6.45, 7) is 2.43. The van der Waals surface area contributed by atoms with Gasteiger partial charge in [0.15, 0.2) is 0 Å². The molecule has 102 valence electrons. The minimum absolute atomic E-state index is 0.346. The molecule has 0 bridgehead atoms. The first-order valence-corrected chi connectivity index (χ1v) is 6.19. The smallest absolute Gasteiger partial charge is 0.316 e. The lowest BCUT2D eigenvalue weighted by molar-refractivity contribution is -0.149. The number of piperidine rings is 1. The molecule has 1 aliphatic heterocycles. The molecule has 0 radical (unpaired) electrons. The van der Waals surface area contributed by atoms with Crippen LogP contribution in [0.3, 0.4) is 0 Å². The minimum atomic E-state index is -1.09. The molecule has 2 atom stereocenters. The molecule has 5 heteroatoms. The molecule has 2 unspecified atom stereocenters. The van der Waals surface area contributed by atoms with Crippen LogP contribution in [0.5, 0.6) is 5.75 Å². The van der Waals surface area contributed by atoms with E-state index in [-0.39, 0.29) is 5.92 Å². The van der Waals surface area contributed by atoms with E-state index in [0.29, 0.717) is 18.7 Å². The van der Waals surface area contributed by atoms with Gasteiger partial charge in [0.2, 0.25) is 5.91 Å². The Hall–Kier alpha value is -2.04. The van der Waals surface area contributed by atoms with Crippen molar-refractivity contribution in [3.8, 4) is 5.75 Å². The highest BCUT2D eigenvalue weighted by atomic mass is 16.5. The molecular weight excluding hydrogens is 246 g/mol. The van der Waals surface area contributed by atoms with Gasteiger partial charge in [-0.05, 0) is 30.5 Å². The third-order valence-electron chi connectivity index (χ3n) is 3.49. The van der Waals surface area contributed by atoms with E-state index >= 15 is 0 Å². The number of carboxylic acid groups (broad SMARTS) is 1. The van der Waals surface area contributed by atoms with Gasteiger partial charge in [-0.15, -0.1) is 0 Å². The molecular formula is C14H17NO4. The van der Waals surface area contributed by atoms with Gasteiger partial charge in [-0.1, -0.05) is 12.1 Å². The summed E-state index contributed by atoms with van der Waals surface area (Å²) in [7, 11) is 1.55. The van der Waals surface area contributed by atoms with Crippen LogP contribution in [0, 0.1) is 12.8 Å². The SMILES string of the molecule is COc1cc(C)ccc1C1CCNC(=O)C1C(=O)O. The molecule has 1 aromatic carbocycles. The summed E-state index contributed by atoms with van der Waals surface area (Å²) in [5, 5.41) is 11.9. The lowest BCUT2D eigenvalue weighted by atomic mass is 9.80. The van der Waals surface area contributed by atoms with Crippen LogP contribution in [-0.2, 0) is 9.59 Å². The molecule has 1 heterocycles. The number of benzene rings is 1. The summed E-state index contributed by atoms with van der Waals surface area (Å²) in [6, 6.07) is 5.62. The molecule has 19 heavy (non-hydrogen) atoms. The van der Waals surface area contributed by atoms with Crippen molar-refractivity contribution in [2.45, 2.75) is 19.3 Å². The molecule has 5 nitrogen and oxygen atoms in total. The summed E-state index contributed by atoms with van der Waals surface area (Å²) < 4.78 is 5.32. The minimum Gasteiger partial charge on any atom is -0.496 e. The highest BCUT2D eigenvalue weighted by Gasteiger charge is 2.39. The number of amides is 1. The molecule has 1 amide bonds. The van der Waals surface area contributed by atoms with Crippen LogP contribution >= 0.6 is 0 Å². The highest BCUT2D eigenvalue weighted by molar-refractivity contribution is 5.98. The molecule has 1 aromatic rings. The van der Waals surface area contributed by atoms with Gasteiger partial charge in [0.1, 0.15) is 11.7 Å². The van der Waals surface area contributed by atoms with E-state index in [9.17, 15) is 14.7 Å². The van der Waals surface area contributed by atoms with Gasteiger partial charge in [0.25, 0.3) is 0 Å². The average Bonchev–Trinajstić information content (AvgIpc) is 2.37. The molecule has 0 aliphatic carbocycles. The van der Waals surface area contributed by atoms with Crippen LogP contribution < -0.4 is 10.1 Å². The predicted octanol–water partition coefficient (Wildman–Crippen LogP) is 1.31. The lowest BCUT2D eigenvalue weighted by Gasteiger charge is -2.29. The van der Waals surface area contributed by atoms with Gasteiger partial charge < -0.3 is 15.2 Å². The number of aliphatic carboxylic acids is 1. The Morgan fingerprint density at radius 2 is 2.21 bits per heavy atom. The van der Waals surface area contributed by atoms with Crippen molar-refractivity contribution >= 4 is 11.9 Å². The summed E-state index contributed by atoms with van der Waals surface area (Å²) in [5.74, 6) is -2.27. The topological polar surface area (TPSA) is 75.6 Å². The van der Waals surface area contributed by atoms with Gasteiger partial charge in [-0.2, -0.15) is 0 Å². The molecule has 1 saturated heterocycles. The number of nitrogens with one attached hydrogen (secondary N) is 1. The lowest BCUT2D eigenvalue weighted by Crippen LogP contribution is -2.44. The number of ether oxygens (including phenoxy) is 1. The summed E-state index contributed by atoms with van der Waals surface area (Å²) >= 11 is 0. The molecule has 0 spiro atoms. The van der Waals surface area contributed by atoms with Gasteiger partial charge in [-0.25, -0.2) is 0 Å². The maximum absolute atomic E-state index is 11.8. The fourth-order valence-electron chi connectivity index (χ4n) is 2.55. The van der Waals surface area contributed by atoms with E-state index in [2.05, 4.69) is 5.32 Å². The second kappa shape index (κ2) is 5.30. The standard InChI is InChI=1S/C14H17NO4/c1-8-3-4-9(11(7-8)19-2)10-5-6-15-13(16)12(10)14(17)18/h3-4,7,10,12H,5-6H2,1-2H3,(H,15,16)(H,17,18). The van der Waals surface area contributed by atoms with E-state index in [4.69, 9.17) is 4.74 Å². The zero-order valence-electron chi connectivity index (χ0n) is 11.0. The Kier molecular flexibility index (Phi) is 3.74. The number of methoxy groups -OCH3 is 1. The van der Waals surface area contributed by atoms with E-state index in [1.165, 1.54) is 0 Å². The average molecular weight is 263 g/mol. The number of aryl methyl sites for hydroxylation is 1. The van der Waals surface area contributed by atoms with Gasteiger partial charge in [0.05, 0.1) is 7.11 Å². The Morgan fingerprint density at radius 3 is 2.84 bits per heavy atom. The number of hydrogen-bond acceptors (Lipinski definition) is 3. The number of carbonyl (C=O) groups excluding carboxylic acids is 1. The fourth-order valence-corrected chi connectivity index (χ4v) is 2.55. The molecule has 0 aromatic heterocycles. The van der Waals surface area contributed by atoms with E-state index in [1.807, 2.05) is 25.1 Å². The second-order valence-corrected chi connectivity index (χ2v) is 4.75. The highest BCUT2D eigenvalue weighted by Crippen LogP contribution is 2.37. The van der Waals surface area contributed by atoms with Crippen molar-refractivity contribution in [1.82, 2.24) is 5.32 Å². The second-order valence-electron chi connectivity index (χ2n) is 4.75. The van der Waals surface area contributed by atoms with E-state index in [1.54, 1.807) is 7.11 Å². The molecule has 1 fully saturated rings. The van der Waals surface area contributed by atoms with Gasteiger partial charge in [-0.3, -0.25) is 9.59 Å². The first kappa shape index (κ1) is 13.4. The first-order chi connectivity index (χ1) is 9.04. The maximum atomic E-state index is 11.8. The number of hydrogen-bond donors (Lipinski definition) is 2. The Bertz CT molecular complexity index is 512. The Labute approximate surface area is 111 Å². The van der Waals surface area contributed by atoms with Crippen molar-refractivity contribution in [2.24, 2.45) is 5.92 Å². The van der Waals surface area contributed by atoms with Crippen LogP contribution in [0.15, 0.2) is 18.2 Å². The van der Waals surface area contributed by atoms with Crippen molar-refractivity contribution in [3.05, 3.63) is 29.3 Å². The Morgan fingerprint density at radius 1 is 1.47 bits per heavy atom. The molecule has 0 saturated carbocycles.